The number of rotatable bonds is 8. The zero-order valence-electron chi connectivity index (χ0n) is 13.4. The molecule has 0 aliphatic rings. The van der Waals surface area contributed by atoms with Gasteiger partial charge in [0.05, 0.1) is 13.1 Å². The molecule has 0 aliphatic carbocycles. The monoisotopic (exact) mass is 325 g/mol. The van der Waals surface area contributed by atoms with Gasteiger partial charge in [-0.05, 0) is 31.2 Å². The minimum Gasteiger partial charge on any atom is -0.355 e. The Hall–Kier alpha value is -1.59. The second-order valence-electron chi connectivity index (χ2n) is 5.40. The van der Waals surface area contributed by atoms with Crippen LogP contribution in [0.5, 0.6) is 0 Å². The van der Waals surface area contributed by atoms with Gasteiger partial charge in [-0.3, -0.25) is 14.5 Å². The first-order valence-electron chi connectivity index (χ1n) is 7.36. The normalized spacial score (nSPS) is 10.6. The van der Waals surface area contributed by atoms with Crippen LogP contribution in [0.1, 0.15) is 18.9 Å². The summed E-state index contributed by atoms with van der Waals surface area (Å²) >= 11 is 5.85. The van der Waals surface area contributed by atoms with Gasteiger partial charge in [-0.15, -0.1) is 0 Å². The lowest BCUT2D eigenvalue weighted by Gasteiger charge is -2.21. The first-order chi connectivity index (χ1) is 10.4. The highest BCUT2D eigenvalue weighted by Gasteiger charge is 2.14. The fraction of sp³-hybridized carbons (Fsp3) is 0.500. The fourth-order valence-corrected chi connectivity index (χ4v) is 2.06. The Balaban J connectivity index is 2.39. The van der Waals surface area contributed by atoms with Crippen LogP contribution in [0.4, 0.5) is 0 Å². The van der Waals surface area contributed by atoms with E-state index in [1.165, 1.54) is 4.90 Å². The van der Waals surface area contributed by atoms with Gasteiger partial charge in [0.2, 0.25) is 11.8 Å². The van der Waals surface area contributed by atoms with Gasteiger partial charge < -0.3 is 10.2 Å². The zero-order valence-corrected chi connectivity index (χ0v) is 14.2. The predicted molar refractivity (Wildman–Crippen MR) is 88.7 cm³/mol. The molecule has 0 radical (unpaired) electrons. The third-order valence-corrected chi connectivity index (χ3v) is 3.40. The molecule has 5 nitrogen and oxygen atoms in total. The van der Waals surface area contributed by atoms with Crippen molar-refractivity contribution in [1.82, 2.24) is 15.1 Å². The third kappa shape index (κ3) is 6.91. The fourth-order valence-electron chi connectivity index (χ4n) is 1.93. The lowest BCUT2D eigenvalue weighted by molar-refractivity contribution is -0.135. The molecule has 0 aromatic heterocycles. The molecule has 0 unspecified atom stereocenters. The van der Waals surface area contributed by atoms with Crippen LogP contribution in [0.3, 0.4) is 0 Å². The van der Waals surface area contributed by atoms with Gasteiger partial charge in [0, 0.05) is 25.2 Å². The molecule has 0 atom stereocenters. The molecule has 22 heavy (non-hydrogen) atoms. The van der Waals surface area contributed by atoms with Crippen molar-refractivity contribution in [2.24, 2.45) is 0 Å². The largest absolute Gasteiger partial charge is 0.355 e. The summed E-state index contributed by atoms with van der Waals surface area (Å²) in [7, 11) is 3.52. The van der Waals surface area contributed by atoms with Crippen molar-refractivity contribution < 1.29 is 9.59 Å². The Morgan fingerprint density at radius 1 is 1.14 bits per heavy atom. The van der Waals surface area contributed by atoms with E-state index < -0.39 is 0 Å². The van der Waals surface area contributed by atoms with Crippen molar-refractivity contribution in [3.63, 3.8) is 0 Å². The second kappa shape index (κ2) is 9.43. The number of nitrogens with one attached hydrogen (secondary N) is 1. The number of hydrogen-bond donors (Lipinski definition) is 1. The third-order valence-electron chi connectivity index (χ3n) is 3.15. The maximum Gasteiger partial charge on any atom is 0.239 e. The summed E-state index contributed by atoms with van der Waals surface area (Å²) < 4.78 is 0. The number of hydrogen-bond acceptors (Lipinski definition) is 3. The summed E-state index contributed by atoms with van der Waals surface area (Å²) in [6.07, 6.45) is 0.882. The number of halogens is 1. The molecule has 0 saturated carbocycles. The molecule has 2 amide bonds. The molecular formula is C16H24ClN3O2. The van der Waals surface area contributed by atoms with Crippen LogP contribution in [0.15, 0.2) is 24.3 Å². The predicted octanol–water partition coefficient (Wildman–Crippen LogP) is 1.76. The van der Waals surface area contributed by atoms with Gasteiger partial charge in [0.25, 0.3) is 0 Å². The highest BCUT2D eigenvalue weighted by Crippen LogP contribution is 2.10. The Morgan fingerprint density at radius 3 is 2.36 bits per heavy atom. The van der Waals surface area contributed by atoms with E-state index in [1.54, 1.807) is 7.05 Å². The number of benzene rings is 1. The molecular weight excluding hydrogens is 302 g/mol. The Kier molecular flexibility index (Phi) is 7.91. The molecule has 1 rings (SSSR count). The Labute approximate surface area is 137 Å². The van der Waals surface area contributed by atoms with E-state index in [4.69, 9.17) is 11.6 Å². The van der Waals surface area contributed by atoms with Gasteiger partial charge in [0.15, 0.2) is 0 Å². The summed E-state index contributed by atoms with van der Waals surface area (Å²) in [5.74, 6) is -0.207. The van der Waals surface area contributed by atoms with Gasteiger partial charge in [-0.25, -0.2) is 0 Å². The minimum absolute atomic E-state index is 0.0805. The van der Waals surface area contributed by atoms with Crippen LogP contribution in [-0.4, -0.2) is 55.3 Å². The number of nitrogens with zero attached hydrogens (tertiary/aromatic N) is 2. The van der Waals surface area contributed by atoms with Crippen LogP contribution in [-0.2, 0) is 16.1 Å². The molecule has 1 N–H and O–H groups in total. The van der Waals surface area contributed by atoms with Crippen molar-refractivity contribution in [1.29, 1.82) is 0 Å². The summed E-state index contributed by atoms with van der Waals surface area (Å²) in [5.41, 5.74) is 1.09. The maximum absolute atomic E-state index is 12.1. The van der Waals surface area contributed by atoms with E-state index in [1.807, 2.05) is 43.1 Å². The standard InChI is InChI=1S/C16H24ClN3O2/c1-4-9-18-15(21)11-20(3)16(22)12-19(2)10-13-5-7-14(17)8-6-13/h5-8H,4,9-12H2,1-3H3,(H,18,21). The highest BCUT2D eigenvalue weighted by molar-refractivity contribution is 6.30. The van der Waals surface area contributed by atoms with Crippen molar-refractivity contribution in [3.05, 3.63) is 34.9 Å². The molecule has 122 valence electrons. The van der Waals surface area contributed by atoms with E-state index in [0.29, 0.717) is 18.1 Å². The van der Waals surface area contributed by atoms with E-state index in [2.05, 4.69) is 5.32 Å². The smallest absolute Gasteiger partial charge is 0.239 e. The molecule has 0 aliphatic heterocycles. The van der Waals surface area contributed by atoms with Gasteiger partial charge in [0.1, 0.15) is 0 Å². The molecule has 0 bridgehead atoms. The molecule has 6 heteroatoms. The summed E-state index contributed by atoms with van der Waals surface area (Å²) in [4.78, 5) is 27.0. The van der Waals surface area contributed by atoms with E-state index in [-0.39, 0.29) is 24.9 Å². The average Bonchev–Trinajstić information content (AvgIpc) is 2.47. The van der Waals surface area contributed by atoms with Crippen LogP contribution in [0.25, 0.3) is 0 Å². The first-order valence-corrected chi connectivity index (χ1v) is 7.73. The Bertz CT molecular complexity index is 491. The zero-order chi connectivity index (χ0) is 16.5. The van der Waals surface area contributed by atoms with Crippen LogP contribution in [0, 0.1) is 0 Å². The quantitative estimate of drug-likeness (QED) is 0.792. The van der Waals surface area contributed by atoms with E-state index >= 15 is 0 Å². The highest BCUT2D eigenvalue weighted by atomic mass is 35.5. The summed E-state index contributed by atoms with van der Waals surface area (Å²) in [5, 5.41) is 3.45. The van der Waals surface area contributed by atoms with Crippen LogP contribution < -0.4 is 5.32 Å². The molecule has 1 aromatic rings. The van der Waals surface area contributed by atoms with Gasteiger partial charge in [-0.2, -0.15) is 0 Å². The first kappa shape index (κ1) is 18.5. The van der Waals surface area contributed by atoms with Crippen molar-refractivity contribution >= 4 is 23.4 Å². The summed E-state index contributed by atoms with van der Waals surface area (Å²) in [6.45, 7) is 3.63. The van der Waals surface area contributed by atoms with E-state index in [9.17, 15) is 9.59 Å². The number of carbonyl (C=O) groups is 2. The molecule has 1 aromatic carbocycles. The summed E-state index contributed by atoms with van der Waals surface area (Å²) in [6, 6.07) is 7.53. The molecule has 0 saturated heterocycles. The van der Waals surface area contributed by atoms with Crippen molar-refractivity contribution in [3.8, 4) is 0 Å². The maximum atomic E-state index is 12.1. The molecule has 0 heterocycles. The number of amides is 2. The SMILES string of the molecule is CCCNC(=O)CN(C)C(=O)CN(C)Cc1ccc(Cl)cc1. The minimum atomic E-state index is -0.127. The van der Waals surface area contributed by atoms with E-state index in [0.717, 1.165) is 12.0 Å². The van der Waals surface area contributed by atoms with Crippen molar-refractivity contribution in [2.75, 3.05) is 33.7 Å². The van der Waals surface area contributed by atoms with Crippen LogP contribution >= 0.6 is 11.6 Å². The number of likely N-dealkylation sites (N-methyl/N-ethyl adjacent to an activating group) is 2. The average molecular weight is 326 g/mol. The van der Waals surface area contributed by atoms with Crippen molar-refractivity contribution in [2.45, 2.75) is 19.9 Å². The lowest BCUT2D eigenvalue weighted by atomic mass is 10.2. The second-order valence-corrected chi connectivity index (χ2v) is 5.83. The Morgan fingerprint density at radius 2 is 1.77 bits per heavy atom. The van der Waals surface area contributed by atoms with Gasteiger partial charge in [-0.1, -0.05) is 30.7 Å². The number of carbonyl (C=O) groups excluding carboxylic acids is 2. The molecule has 0 fully saturated rings. The lowest BCUT2D eigenvalue weighted by Crippen LogP contribution is -2.42. The van der Waals surface area contributed by atoms with Gasteiger partial charge >= 0.3 is 0 Å². The molecule has 0 spiro atoms. The topological polar surface area (TPSA) is 52.7 Å². The van der Waals surface area contributed by atoms with Crippen LogP contribution in [0.2, 0.25) is 5.02 Å².